The van der Waals surface area contributed by atoms with Crippen molar-refractivity contribution in [2.45, 2.75) is 6.35 Å². The van der Waals surface area contributed by atoms with E-state index in [0.29, 0.717) is 0 Å². The molecule has 0 aromatic heterocycles. The highest BCUT2D eigenvalue weighted by Gasteiger charge is 2.08. The molecule has 0 amide bonds. The van der Waals surface area contributed by atoms with Crippen LogP contribution in [0.5, 0.6) is 0 Å². The Kier molecular flexibility index (Phi) is 1.50. The molecule has 1 rings (SSSR count). The lowest BCUT2D eigenvalue weighted by atomic mass is 10.5. The highest BCUT2D eigenvalue weighted by atomic mass is 16.3. The second kappa shape index (κ2) is 2.15. The molecular weight excluding hydrogens is 104 g/mol. The second-order valence-electron chi connectivity index (χ2n) is 1.88. The first kappa shape index (κ1) is 5.59. The fourth-order valence-electron chi connectivity index (χ4n) is 0.600. The predicted molar refractivity (Wildman–Crippen MR) is 30.9 cm³/mol. The van der Waals surface area contributed by atoms with Crippen LogP contribution in [0.15, 0.2) is 12.3 Å². The molecular formula is C5H10N2O. The summed E-state index contributed by atoms with van der Waals surface area (Å²) in [4.78, 5) is 1.79. The van der Waals surface area contributed by atoms with E-state index in [0.717, 1.165) is 6.54 Å². The third-order valence-electron chi connectivity index (χ3n) is 1.17. The third-order valence-corrected chi connectivity index (χ3v) is 1.17. The van der Waals surface area contributed by atoms with Crippen LogP contribution >= 0.6 is 0 Å². The summed E-state index contributed by atoms with van der Waals surface area (Å²) in [6.07, 6.45) is 3.21. The Labute approximate surface area is 48.6 Å². The minimum atomic E-state index is -0.500. The van der Waals surface area contributed by atoms with Crippen molar-refractivity contribution in [2.24, 2.45) is 0 Å². The summed E-state index contributed by atoms with van der Waals surface area (Å²) >= 11 is 0. The molecule has 0 aromatic rings. The molecule has 0 saturated carbocycles. The van der Waals surface area contributed by atoms with Gasteiger partial charge in [0.25, 0.3) is 0 Å². The summed E-state index contributed by atoms with van der Waals surface area (Å²) < 4.78 is 0. The van der Waals surface area contributed by atoms with Crippen molar-refractivity contribution in [3.05, 3.63) is 12.3 Å². The number of likely N-dealkylation sites (N-methyl/N-ethyl adjacent to an activating group) is 1. The smallest absolute Gasteiger partial charge is 0.183 e. The maximum atomic E-state index is 8.94. The maximum absolute atomic E-state index is 8.94. The van der Waals surface area contributed by atoms with Crippen LogP contribution in [-0.4, -0.2) is 30.0 Å². The van der Waals surface area contributed by atoms with E-state index >= 15 is 0 Å². The number of nitrogens with one attached hydrogen (secondary N) is 1. The van der Waals surface area contributed by atoms with Crippen molar-refractivity contribution in [1.82, 2.24) is 10.2 Å². The normalized spacial score (nSPS) is 30.0. The number of rotatable bonds is 0. The molecule has 0 radical (unpaired) electrons. The number of aliphatic hydroxyl groups is 1. The monoisotopic (exact) mass is 114 g/mol. The quantitative estimate of drug-likeness (QED) is 0.437. The molecule has 0 fully saturated rings. The fraction of sp³-hybridized carbons (Fsp3) is 0.600. The van der Waals surface area contributed by atoms with Gasteiger partial charge in [0.2, 0.25) is 0 Å². The summed E-state index contributed by atoms with van der Waals surface area (Å²) in [7, 11) is 1.85. The molecule has 1 unspecified atom stereocenters. The van der Waals surface area contributed by atoms with Crippen molar-refractivity contribution >= 4 is 0 Å². The molecule has 46 valence electrons. The van der Waals surface area contributed by atoms with Crippen LogP contribution in [0, 0.1) is 0 Å². The number of hydrogen-bond acceptors (Lipinski definition) is 3. The van der Waals surface area contributed by atoms with E-state index in [1.54, 1.807) is 11.1 Å². The van der Waals surface area contributed by atoms with Gasteiger partial charge >= 0.3 is 0 Å². The van der Waals surface area contributed by atoms with Gasteiger partial charge in [0, 0.05) is 6.54 Å². The topological polar surface area (TPSA) is 35.5 Å². The Bertz CT molecular complexity index is 90.6. The van der Waals surface area contributed by atoms with E-state index < -0.39 is 6.35 Å². The van der Waals surface area contributed by atoms with E-state index in [2.05, 4.69) is 5.32 Å². The van der Waals surface area contributed by atoms with Crippen LogP contribution in [0.3, 0.4) is 0 Å². The summed E-state index contributed by atoms with van der Waals surface area (Å²) in [5.41, 5.74) is 0. The van der Waals surface area contributed by atoms with Crippen molar-refractivity contribution in [1.29, 1.82) is 0 Å². The highest BCUT2D eigenvalue weighted by molar-refractivity contribution is 4.87. The molecule has 0 spiro atoms. The van der Waals surface area contributed by atoms with E-state index in [1.165, 1.54) is 0 Å². The van der Waals surface area contributed by atoms with Gasteiger partial charge in [-0.25, -0.2) is 0 Å². The van der Waals surface area contributed by atoms with E-state index in [1.807, 2.05) is 13.1 Å². The van der Waals surface area contributed by atoms with Crippen molar-refractivity contribution in [2.75, 3.05) is 13.6 Å². The molecule has 3 heteroatoms. The number of aliphatic hydroxyl groups excluding tert-OH is 1. The zero-order valence-electron chi connectivity index (χ0n) is 4.83. The first-order valence-corrected chi connectivity index (χ1v) is 2.60. The SMILES string of the molecule is CN1CC=CNC1O. The number of nitrogens with zero attached hydrogens (tertiary/aromatic N) is 1. The van der Waals surface area contributed by atoms with Crippen LogP contribution in [0.25, 0.3) is 0 Å². The first-order valence-electron chi connectivity index (χ1n) is 2.60. The summed E-state index contributed by atoms with van der Waals surface area (Å²) in [5, 5.41) is 11.7. The lowest BCUT2D eigenvalue weighted by Crippen LogP contribution is -2.43. The summed E-state index contributed by atoms with van der Waals surface area (Å²) in [5.74, 6) is 0. The minimum absolute atomic E-state index is 0.500. The first-order chi connectivity index (χ1) is 3.80. The average molecular weight is 114 g/mol. The number of hydrogen-bond donors (Lipinski definition) is 2. The van der Waals surface area contributed by atoms with Gasteiger partial charge in [0.1, 0.15) is 0 Å². The van der Waals surface area contributed by atoms with Crippen LogP contribution in [0.1, 0.15) is 0 Å². The van der Waals surface area contributed by atoms with Crippen molar-refractivity contribution in [3.63, 3.8) is 0 Å². The minimum Gasteiger partial charge on any atom is -0.361 e. The lowest BCUT2D eigenvalue weighted by Gasteiger charge is -2.25. The van der Waals surface area contributed by atoms with Gasteiger partial charge in [0.05, 0.1) is 0 Å². The molecule has 0 bridgehead atoms. The molecule has 1 atom stereocenters. The van der Waals surface area contributed by atoms with Gasteiger partial charge in [0.15, 0.2) is 6.35 Å². The van der Waals surface area contributed by atoms with Gasteiger partial charge in [-0.05, 0) is 13.2 Å². The molecule has 2 N–H and O–H groups in total. The Balaban J connectivity index is 2.44. The zero-order chi connectivity index (χ0) is 5.98. The van der Waals surface area contributed by atoms with Gasteiger partial charge in [-0.3, -0.25) is 4.90 Å². The molecule has 8 heavy (non-hydrogen) atoms. The van der Waals surface area contributed by atoms with Crippen LogP contribution in [0.2, 0.25) is 0 Å². The molecule has 3 nitrogen and oxygen atoms in total. The second-order valence-corrected chi connectivity index (χ2v) is 1.88. The summed E-state index contributed by atoms with van der Waals surface area (Å²) in [6.45, 7) is 0.814. The standard InChI is InChI=1S/C5H10N2O/c1-7-4-2-3-6-5(7)8/h2-3,5-6,8H,4H2,1H3. The van der Waals surface area contributed by atoms with Gasteiger partial charge in [-0.2, -0.15) is 0 Å². The Morgan fingerprint density at radius 3 is 3.00 bits per heavy atom. The molecule has 0 aromatic carbocycles. The Morgan fingerprint density at radius 1 is 1.88 bits per heavy atom. The van der Waals surface area contributed by atoms with Gasteiger partial charge < -0.3 is 10.4 Å². The van der Waals surface area contributed by atoms with Crippen LogP contribution in [0.4, 0.5) is 0 Å². The maximum Gasteiger partial charge on any atom is 0.183 e. The highest BCUT2D eigenvalue weighted by Crippen LogP contribution is 1.92. The molecule has 1 aliphatic rings. The Hall–Kier alpha value is -0.540. The Morgan fingerprint density at radius 2 is 2.62 bits per heavy atom. The van der Waals surface area contributed by atoms with E-state index in [9.17, 15) is 0 Å². The van der Waals surface area contributed by atoms with Crippen molar-refractivity contribution in [3.8, 4) is 0 Å². The van der Waals surface area contributed by atoms with Crippen molar-refractivity contribution < 1.29 is 5.11 Å². The third kappa shape index (κ3) is 0.993. The average Bonchev–Trinajstić information content (AvgIpc) is 1.77. The molecule has 1 heterocycles. The summed E-state index contributed by atoms with van der Waals surface area (Å²) in [6, 6.07) is 0. The lowest BCUT2D eigenvalue weighted by molar-refractivity contribution is 0.00679. The van der Waals surface area contributed by atoms with Crippen LogP contribution in [-0.2, 0) is 0 Å². The molecule has 1 aliphatic heterocycles. The van der Waals surface area contributed by atoms with E-state index in [-0.39, 0.29) is 0 Å². The van der Waals surface area contributed by atoms with Gasteiger partial charge in [-0.1, -0.05) is 6.08 Å². The predicted octanol–water partition coefficient (Wildman–Crippen LogP) is -0.689. The molecule has 0 aliphatic carbocycles. The zero-order valence-corrected chi connectivity index (χ0v) is 4.83. The van der Waals surface area contributed by atoms with E-state index in [4.69, 9.17) is 5.11 Å². The fourth-order valence-corrected chi connectivity index (χ4v) is 0.600. The van der Waals surface area contributed by atoms with Gasteiger partial charge in [-0.15, -0.1) is 0 Å². The molecule has 0 saturated heterocycles. The van der Waals surface area contributed by atoms with Crippen LogP contribution < -0.4 is 5.32 Å². The largest absolute Gasteiger partial charge is 0.361 e.